The maximum absolute atomic E-state index is 12.7. The molecule has 5 rings (SSSR count). The first-order chi connectivity index (χ1) is 15.5. The largest absolute Gasteiger partial charge is 0.368 e. The van der Waals surface area contributed by atoms with Crippen LogP contribution in [0.1, 0.15) is 11.3 Å². The van der Waals surface area contributed by atoms with Gasteiger partial charge in [-0.3, -0.25) is 9.36 Å². The summed E-state index contributed by atoms with van der Waals surface area (Å²) in [6.07, 6.45) is 1.23. The fraction of sp³-hybridized carbons (Fsp3) is 0.455. The number of likely N-dealkylation sites (N-methyl/N-ethyl adjacent to an activating group) is 1. The maximum atomic E-state index is 12.7. The first-order valence-corrected chi connectivity index (χ1v) is 10.8. The normalized spacial score (nSPS) is 17.2. The van der Waals surface area contributed by atoms with E-state index in [4.69, 9.17) is 0 Å². The molecule has 3 aromatic rings. The number of hydrogen-bond acceptors (Lipinski definition) is 7. The topological polar surface area (TPSA) is 70.4 Å². The summed E-state index contributed by atoms with van der Waals surface area (Å²) in [6, 6.07) is 5.42. The minimum atomic E-state index is -2.59. The number of piperazine rings is 1. The first-order valence-electron chi connectivity index (χ1n) is 10.8. The fourth-order valence-electron chi connectivity index (χ4n) is 4.53. The van der Waals surface area contributed by atoms with Crippen LogP contribution in [0.4, 0.5) is 20.3 Å². The predicted octanol–water partition coefficient (Wildman–Crippen LogP) is 1.77. The summed E-state index contributed by atoms with van der Waals surface area (Å²) in [5.74, 6) is 1.03. The third-order valence-corrected chi connectivity index (χ3v) is 6.26. The number of aromatic nitrogens is 4. The van der Waals surface area contributed by atoms with Crippen molar-refractivity contribution in [3.8, 4) is 0 Å². The third kappa shape index (κ3) is 3.90. The van der Waals surface area contributed by atoms with Gasteiger partial charge >= 0.3 is 0 Å². The molecule has 8 nitrogen and oxygen atoms in total. The average Bonchev–Trinajstić information content (AvgIpc) is 2.80. The molecule has 168 valence electrons. The van der Waals surface area contributed by atoms with E-state index in [0.717, 1.165) is 67.5 Å². The Balaban J connectivity index is 1.33. The number of benzene rings is 1. The van der Waals surface area contributed by atoms with Crippen molar-refractivity contribution in [1.82, 2.24) is 24.4 Å². The van der Waals surface area contributed by atoms with Crippen molar-refractivity contribution in [3.63, 3.8) is 0 Å². The third-order valence-electron chi connectivity index (χ3n) is 6.26. The van der Waals surface area contributed by atoms with Crippen molar-refractivity contribution in [1.29, 1.82) is 0 Å². The van der Waals surface area contributed by atoms with E-state index in [2.05, 4.69) is 36.7 Å². The molecule has 0 saturated carbocycles. The highest BCUT2D eigenvalue weighted by molar-refractivity contribution is 5.81. The molecule has 32 heavy (non-hydrogen) atoms. The molecule has 2 aromatic heterocycles. The molecule has 0 radical (unpaired) electrons. The van der Waals surface area contributed by atoms with Crippen LogP contribution in [-0.4, -0.2) is 70.6 Å². The Bertz CT molecular complexity index is 1190. The molecule has 2 aliphatic heterocycles. The smallest absolute Gasteiger partial charge is 0.261 e. The molecule has 0 spiro atoms. The standard InChI is InChI=1S/C22H25F2N7O/c1-28-5-4-18-17(11-28)21(26-13-25-18)30-8-6-29(7-9-30)15-2-3-16-19(10-15)27-14-31(22(16)32)12-20(23)24/h2-3,10,13-14,20H,4-9,11-12H2,1H3. The molecule has 0 aliphatic carbocycles. The number of anilines is 2. The second-order valence-corrected chi connectivity index (χ2v) is 8.38. The molecule has 1 aromatic carbocycles. The van der Waals surface area contributed by atoms with E-state index in [9.17, 15) is 13.6 Å². The molecular formula is C22H25F2N7O. The Labute approximate surface area is 184 Å². The van der Waals surface area contributed by atoms with Gasteiger partial charge in [0.15, 0.2) is 0 Å². The molecule has 1 fully saturated rings. The van der Waals surface area contributed by atoms with E-state index in [0.29, 0.717) is 10.9 Å². The van der Waals surface area contributed by atoms with Crippen molar-refractivity contribution < 1.29 is 8.78 Å². The summed E-state index contributed by atoms with van der Waals surface area (Å²) in [6.45, 7) is 4.51. The molecule has 0 N–H and O–H groups in total. The van der Waals surface area contributed by atoms with Crippen molar-refractivity contribution in [2.75, 3.05) is 49.6 Å². The van der Waals surface area contributed by atoms with Gasteiger partial charge in [-0.2, -0.15) is 0 Å². The van der Waals surface area contributed by atoms with Crippen LogP contribution in [-0.2, 0) is 19.5 Å². The monoisotopic (exact) mass is 441 g/mol. The summed E-state index contributed by atoms with van der Waals surface area (Å²) in [5, 5.41) is 0.354. The second-order valence-electron chi connectivity index (χ2n) is 8.38. The van der Waals surface area contributed by atoms with Crippen LogP contribution in [0.5, 0.6) is 0 Å². The molecule has 0 unspecified atom stereocenters. The molecule has 4 heterocycles. The number of fused-ring (bicyclic) bond motifs is 2. The minimum Gasteiger partial charge on any atom is -0.368 e. The van der Waals surface area contributed by atoms with Crippen LogP contribution in [0.25, 0.3) is 10.9 Å². The van der Waals surface area contributed by atoms with E-state index >= 15 is 0 Å². The van der Waals surface area contributed by atoms with Gasteiger partial charge in [0.05, 0.1) is 29.5 Å². The van der Waals surface area contributed by atoms with E-state index in [1.807, 2.05) is 12.1 Å². The van der Waals surface area contributed by atoms with Crippen LogP contribution in [0.15, 0.2) is 35.6 Å². The zero-order valence-electron chi connectivity index (χ0n) is 17.9. The van der Waals surface area contributed by atoms with Gasteiger partial charge in [-0.05, 0) is 25.2 Å². The molecule has 0 bridgehead atoms. The van der Waals surface area contributed by atoms with E-state index in [1.54, 1.807) is 12.4 Å². The summed E-state index contributed by atoms with van der Waals surface area (Å²) in [7, 11) is 2.12. The number of hydrogen-bond donors (Lipinski definition) is 0. The van der Waals surface area contributed by atoms with E-state index in [-0.39, 0.29) is 0 Å². The number of nitrogens with zero attached hydrogens (tertiary/aromatic N) is 7. The Hall–Kier alpha value is -3.14. The minimum absolute atomic E-state index is 0.354. The summed E-state index contributed by atoms with van der Waals surface area (Å²) in [4.78, 5) is 32.6. The van der Waals surface area contributed by atoms with Gasteiger partial charge < -0.3 is 14.7 Å². The van der Waals surface area contributed by atoms with Crippen molar-refractivity contribution in [2.45, 2.75) is 25.9 Å². The zero-order chi connectivity index (χ0) is 22.2. The Morgan fingerprint density at radius 2 is 1.81 bits per heavy atom. The molecule has 2 aliphatic rings. The second kappa shape index (κ2) is 8.42. The van der Waals surface area contributed by atoms with Gasteiger partial charge in [-0.1, -0.05) is 0 Å². The summed E-state index contributed by atoms with van der Waals surface area (Å²) >= 11 is 0. The van der Waals surface area contributed by atoms with Crippen molar-refractivity contribution >= 4 is 22.4 Å². The lowest BCUT2D eigenvalue weighted by Gasteiger charge is -2.38. The number of halogens is 2. The Kier molecular flexibility index (Phi) is 5.46. The van der Waals surface area contributed by atoms with E-state index < -0.39 is 18.5 Å². The van der Waals surface area contributed by atoms with Gasteiger partial charge in [0, 0.05) is 56.9 Å². The van der Waals surface area contributed by atoms with Crippen LogP contribution in [0.3, 0.4) is 0 Å². The lowest BCUT2D eigenvalue weighted by Crippen LogP contribution is -2.47. The molecule has 10 heteroatoms. The van der Waals surface area contributed by atoms with Crippen molar-refractivity contribution in [2.24, 2.45) is 0 Å². The highest BCUT2D eigenvalue weighted by Gasteiger charge is 2.25. The van der Waals surface area contributed by atoms with E-state index in [1.165, 1.54) is 11.9 Å². The molecular weight excluding hydrogens is 416 g/mol. The van der Waals surface area contributed by atoms with Gasteiger partial charge in [-0.15, -0.1) is 0 Å². The average molecular weight is 441 g/mol. The van der Waals surface area contributed by atoms with Crippen LogP contribution >= 0.6 is 0 Å². The van der Waals surface area contributed by atoms with Crippen LogP contribution in [0, 0.1) is 0 Å². The van der Waals surface area contributed by atoms with Gasteiger partial charge in [0.1, 0.15) is 12.1 Å². The highest BCUT2D eigenvalue weighted by Crippen LogP contribution is 2.27. The van der Waals surface area contributed by atoms with Crippen LogP contribution in [0.2, 0.25) is 0 Å². The molecule has 1 saturated heterocycles. The van der Waals surface area contributed by atoms with Crippen LogP contribution < -0.4 is 15.4 Å². The summed E-state index contributed by atoms with van der Waals surface area (Å²) in [5.41, 5.74) is 3.43. The lowest BCUT2D eigenvalue weighted by atomic mass is 10.1. The SMILES string of the molecule is CN1CCc2ncnc(N3CCN(c4ccc5c(=O)n(CC(F)F)cnc5c4)CC3)c2C1. The molecule has 0 atom stereocenters. The fourth-order valence-corrected chi connectivity index (χ4v) is 4.53. The van der Waals surface area contributed by atoms with Gasteiger partial charge in [0.2, 0.25) is 0 Å². The Morgan fingerprint density at radius 3 is 2.59 bits per heavy atom. The first kappa shape index (κ1) is 20.7. The summed E-state index contributed by atoms with van der Waals surface area (Å²) < 4.78 is 26.3. The lowest BCUT2D eigenvalue weighted by molar-refractivity contribution is 0.125. The quantitative estimate of drug-likeness (QED) is 0.611. The highest BCUT2D eigenvalue weighted by atomic mass is 19.3. The number of rotatable bonds is 4. The Morgan fingerprint density at radius 1 is 1.03 bits per heavy atom. The molecule has 0 amide bonds. The maximum Gasteiger partial charge on any atom is 0.261 e. The zero-order valence-corrected chi connectivity index (χ0v) is 17.9. The van der Waals surface area contributed by atoms with Crippen molar-refractivity contribution in [3.05, 3.63) is 52.5 Å². The van der Waals surface area contributed by atoms with Gasteiger partial charge in [-0.25, -0.2) is 23.7 Å². The predicted molar refractivity (Wildman–Crippen MR) is 119 cm³/mol. The van der Waals surface area contributed by atoms with Gasteiger partial charge in [0.25, 0.3) is 12.0 Å². The number of alkyl halides is 2.